The molecule has 1 saturated heterocycles. The predicted octanol–water partition coefficient (Wildman–Crippen LogP) is 3.62. The Morgan fingerprint density at radius 3 is 2.44 bits per heavy atom. The van der Waals surface area contributed by atoms with Gasteiger partial charge in [0.05, 0.1) is 0 Å². The summed E-state index contributed by atoms with van der Waals surface area (Å²) >= 11 is 5.99. The molecule has 3 nitrogen and oxygen atoms in total. The Bertz CT molecular complexity index is 761. The number of hydrogen-bond donors (Lipinski definition) is 0. The maximum absolute atomic E-state index is 13.3. The third kappa shape index (κ3) is 4.55. The number of piperazine rings is 1. The zero-order valence-corrected chi connectivity index (χ0v) is 14.5. The molecule has 0 unspecified atom stereocenters. The van der Waals surface area contributed by atoms with Crippen LogP contribution in [0.25, 0.3) is 0 Å². The summed E-state index contributed by atoms with van der Waals surface area (Å²) in [7, 11) is 0. The van der Waals surface area contributed by atoms with E-state index in [0.717, 1.165) is 43.2 Å². The zero-order valence-electron chi connectivity index (χ0n) is 13.7. The Morgan fingerprint density at radius 1 is 1.00 bits per heavy atom. The van der Waals surface area contributed by atoms with Crippen LogP contribution in [-0.2, 0) is 6.42 Å². The summed E-state index contributed by atoms with van der Waals surface area (Å²) in [5, 5.41) is 0.736. The van der Waals surface area contributed by atoms with Gasteiger partial charge >= 0.3 is 0 Å². The number of hydrogen-bond acceptors (Lipinski definition) is 2. The molecule has 0 radical (unpaired) electrons. The molecule has 0 atom stereocenters. The monoisotopic (exact) mass is 364 g/mol. The van der Waals surface area contributed by atoms with Crippen LogP contribution >= 0.6 is 11.6 Å². The highest BCUT2D eigenvalue weighted by molar-refractivity contribution is 6.30. The van der Waals surface area contributed by atoms with E-state index in [4.69, 9.17) is 11.6 Å². The lowest BCUT2D eigenvalue weighted by Crippen LogP contribution is -2.49. The third-order valence-electron chi connectivity index (χ3n) is 4.43. The molecule has 1 heterocycles. The minimum absolute atomic E-state index is 0.186. The van der Waals surface area contributed by atoms with Gasteiger partial charge in [-0.05, 0) is 42.3 Å². The Hall–Kier alpha value is -1.98. The van der Waals surface area contributed by atoms with Crippen molar-refractivity contribution in [2.75, 3.05) is 32.7 Å². The largest absolute Gasteiger partial charge is 0.336 e. The maximum atomic E-state index is 13.3. The number of halogens is 3. The number of carbonyl (C=O) groups is 1. The fourth-order valence-electron chi connectivity index (χ4n) is 2.97. The number of amides is 1. The first-order chi connectivity index (χ1) is 12.0. The summed E-state index contributed by atoms with van der Waals surface area (Å²) in [6.07, 6.45) is 0.900. The summed E-state index contributed by atoms with van der Waals surface area (Å²) in [6, 6.07) is 11.1. The van der Waals surface area contributed by atoms with Gasteiger partial charge in [0.1, 0.15) is 0 Å². The van der Waals surface area contributed by atoms with E-state index < -0.39 is 11.6 Å². The minimum Gasteiger partial charge on any atom is -0.336 e. The van der Waals surface area contributed by atoms with E-state index in [2.05, 4.69) is 11.0 Å². The molecule has 0 saturated carbocycles. The SMILES string of the molecule is O=C(c1ccc(F)c(F)c1)N1CCN(CCc2cccc(Cl)c2)CC1. The molecule has 2 aromatic rings. The van der Waals surface area contributed by atoms with Crippen molar-refractivity contribution in [2.45, 2.75) is 6.42 Å². The van der Waals surface area contributed by atoms with Gasteiger partial charge in [0.15, 0.2) is 11.6 Å². The maximum Gasteiger partial charge on any atom is 0.254 e. The average Bonchev–Trinajstić information content (AvgIpc) is 2.62. The summed E-state index contributed by atoms with van der Waals surface area (Å²) in [5.41, 5.74) is 1.37. The van der Waals surface area contributed by atoms with Crippen molar-refractivity contribution in [3.8, 4) is 0 Å². The van der Waals surface area contributed by atoms with Gasteiger partial charge in [-0.25, -0.2) is 8.78 Å². The molecule has 1 aliphatic rings. The smallest absolute Gasteiger partial charge is 0.254 e. The molecule has 132 valence electrons. The van der Waals surface area contributed by atoms with E-state index >= 15 is 0 Å². The van der Waals surface area contributed by atoms with Gasteiger partial charge in [-0.3, -0.25) is 9.69 Å². The van der Waals surface area contributed by atoms with Gasteiger partial charge in [0.2, 0.25) is 0 Å². The lowest BCUT2D eigenvalue weighted by Gasteiger charge is -2.34. The summed E-state index contributed by atoms with van der Waals surface area (Å²) < 4.78 is 26.3. The molecule has 25 heavy (non-hydrogen) atoms. The molecule has 1 fully saturated rings. The molecule has 3 rings (SSSR count). The standard InChI is InChI=1S/C19H19ClF2N2O/c20-16-3-1-2-14(12-16)6-7-23-8-10-24(11-9-23)19(25)15-4-5-17(21)18(22)13-15/h1-5,12-13H,6-11H2. The van der Waals surface area contributed by atoms with E-state index in [1.54, 1.807) is 4.90 Å². The number of nitrogens with zero attached hydrogens (tertiary/aromatic N) is 2. The van der Waals surface area contributed by atoms with Gasteiger partial charge in [-0.2, -0.15) is 0 Å². The van der Waals surface area contributed by atoms with Gasteiger partial charge in [0.25, 0.3) is 5.91 Å². The first kappa shape index (κ1) is 17.8. The quantitative estimate of drug-likeness (QED) is 0.827. The van der Waals surface area contributed by atoms with Crippen LogP contribution < -0.4 is 0 Å². The molecule has 0 aliphatic carbocycles. The summed E-state index contributed by atoms with van der Waals surface area (Å²) in [5.74, 6) is -2.19. The van der Waals surface area contributed by atoms with E-state index in [0.29, 0.717) is 13.1 Å². The molecule has 1 aliphatic heterocycles. The van der Waals surface area contributed by atoms with Gasteiger partial charge < -0.3 is 4.90 Å². The van der Waals surface area contributed by atoms with Crippen LogP contribution in [0.1, 0.15) is 15.9 Å². The Labute approximate surface area is 150 Å². The first-order valence-electron chi connectivity index (χ1n) is 8.24. The highest BCUT2D eigenvalue weighted by Crippen LogP contribution is 2.14. The van der Waals surface area contributed by atoms with Crippen LogP contribution in [0, 0.1) is 11.6 Å². The highest BCUT2D eigenvalue weighted by atomic mass is 35.5. The fraction of sp³-hybridized carbons (Fsp3) is 0.316. The second kappa shape index (κ2) is 7.93. The molecule has 2 aromatic carbocycles. The van der Waals surface area contributed by atoms with Gasteiger partial charge in [-0.15, -0.1) is 0 Å². The van der Waals surface area contributed by atoms with E-state index in [1.807, 2.05) is 18.2 Å². The van der Waals surface area contributed by atoms with Crippen LogP contribution in [0.3, 0.4) is 0 Å². The molecule has 1 amide bonds. The van der Waals surface area contributed by atoms with Gasteiger partial charge in [-0.1, -0.05) is 23.7 Å². The third-order valence-corrected chi connectivity index (χ3v) is 4.67. The number of carbonyl (C=O) groups excluding carboxylic acids is 1. The van der Waals surface area contributed by atoms with Crippen molar-refractivity contribution in [2.24, 2.45) is 0 Å². The predicted molar refractivity (Wildman–Crippen MR) is 93.9 cm³/mol. The second-order valence-electron chi connectivity index (χ2n) is 6.14. The lowest BCUT2D eigenvalue weighted by molar-refractivity contribution is 0.0638. The van der Waals surface area contributed by atoms with Crippen molar-refractivity contribution in [1.29, 1.82) is 0 Å². The minimum atomic E-state index is -0.994. The molecular weight excluding hydrogens is 346 g/mol. The van der Waals surface area contributed by atoms with E-state index in [1.165, 1.54) is 11.6 Å². The number of rotatable bonds is 4. The average molecular weight is 365 g/mol. The van der Waals surface area contributed by atoms with Crippen LogP contribution in [0.5, 0.6) is 0 Å². The zero-order chi connectivity index (χ0) is 17.8. The van der Waals surface area contributed by atoms with Crippen LogP contribution in [0.15, 0.2) is 42.5 Å². The van der Waals surface area contributed by atoms with E-state index in [-0.39, 0.29) is 11.5 Å². The summed E-state index contributed by atoms with van der Waals surface area (Å²) in [6.45, 7) is 3.57. The fourth-order valence-corrected chi connectivity index (χ4v) is 3.18. The van der Waals surface area contributed by atoms with Crippen LogP contribution in [-0.4, -0.2) is 48.4 Å². The van der Waals surface area contributed by atoms with Crippen LogP contribution in [0.4, 0.5) is 8.78 Å². The Kier molecular flexibility index (Phi) is 5.66. The topological polar surface area (TPSA) is 23.6 Å². The lowest BCUT2D eigenvalue weighted by atomic mass is 10.1. The van der Waals surface area contributed by atoms with Crippen molar-refractivity contribution in [1.82, 2.24) is 9.80 Å². The first-order valence-corrected chi connectivity index (χ1v) is 8.62. The van der Waals surface area contributed by atoms with Gasteiger partial charge in [0, 0.05) is 43.3 Å². The molecule has 0 bridgehead atoms. The molecular formula is C19H19ClF2N2O. The number of benzene rings is 2. The van der Waals surface area contributed by atoms with Crippen molar-refractivity contribution < 1.29 is 13.6 Å². The van der Waals surface area contributed by atoms with Crippen molar-refractivity contribution in [3.05, 3.63) is 70.2 Å². The van der Waals surface area contributed by atoms with Crippen molar-refractivity contribution >= 4 is 17.5 Å². The molecule has 0 aromatic heterocycles. The molecule has 6 heteroatoms. The Morgan fingerprint density at radius 2 is 1.76 bits per heavy atom. The second-order valence-corrected chi connectivity index (χ2v) is 6.58. The molecule has 0 spiro atoms. The summed E-state index contributed by atoms with van der Waals surface area (Å²) in [4.78, 5) is 16.4. The van der Waals surface area contributed by atoms with Crippen LogP contribution in [0.2, 0.25) is 5.02 Å². The highest BCUT2D eigenvalue weighted by Gasteiger charge is 2.22. The van der Waals surface area contributed by atoms with E-state index in [9.17, 15) is 13.6 Å². The Balaban J connectivity index is 1.51. The molecule has 0 N–H and O–H groups in total. The normalized spacial score (nSPS) is 15.4. The van der Waals surface area contributed by atoms with Crippen molar-refractivity contribution in [3.63, 3.8) is 0 Å².